The average molecular weight is 508 g/mol. The predicted molar refractivity (Wildman–Crippen MR) is 137 cm³/mol. The van der Waals surface area contributed by atoms with Crippen LogP contribution in [0.2, 0.25) is 0 Å². The molecule has 0 unspecified atom stereocenters. The van der Waals surface area contributed by atoms with Crippen LogP contribution in [-0.2, 0) is 36.8 Å². The Kier molecular flexibility index (Phi) is 9.37. The van der Waals surface area contributed by atoms with Crippen LogP contribution >= 0.6 is 0 Å². The molecule has 1 heterocycles. The van der Waals surface area contributed by atoms with Crippen molar-refractivity contribution in [2.45, 2.75) is 37.9 Å². The van der Waals surface area contributed by atoms with Crippen LogP contribution in [0.1, 0.15) is 18.1 Å². The first-order valence-electron chi connectivity index (χ1n) is 12.1. The van der Waals surface area contributed by atoms with Crippen molar-refractivity contribution in [3.8, 4) is 0 Å². The standard InChI is InChI=1S/C27H33N5O5/c1-18-25(35)29-16-23(33)28-17-24(34)31(2)22(15-20-12-8-5-9-13-20)27(37)32(3)21(26(36)30-18)14-19-10-6-4-7-11-19/h4-13,18,21-22H,14-17H2,1-3H3,(H,28,33)(H,29,35)(H,30,36)/t18-,21-,22-/m1/s1. The summed E-state index contributed by atoms with van der Waals surface area (Å²) in [5.41, 5.74) is 1.67. The molecular weight excluding hydrogens is 474 g/mol. The van der Waals surface area contributed by atoms with Crippen molar-refractivity contribution in [3.63, 3.8) is 0 Å². The first kappa shape index (κ1) is 27.4. The quantitative estimate of drug-likeness (QED) is 0.532. The van der Waals surface area contributed by atoms with Gasteiger partial charge in [-0.1, -0.05) is 60.7 Å². The van der Waals surface area contributed by atoms with Crippen molar-refractivity contribution in [2.24, 2.45) is 0 Å². The maximum Gasteiger partial charge on any atom is 0.246 e. The Morgan fingerprint density at radius 1 is 0.703 bits per heavy atom. The minimum absolute atomic E-state index is 0.207. The number of nitrogens with zero attached hydrogens (tertiary/aromatic N) is 2. The van der Waals surface area contributed by atoms with Gasteiger partial charge < -0.3 is 25.8 Å². The Hall–Kier alpha value is -4.21. The Morgan fingerprint density at radius 2 is 1.24 bits per heavy atom. The summed E-state index contributed by atoms with van der Waals surface area (Å²) < 4.78 is 0. The monoisotopic (exact) mass is 507 g/mol. The maximum absolute atomic E-state index is 13.9. The van der Waals surface area contributed by atoms with Gasteiger partial charge in [0.2, 0.25) is 29.5 Å². The van der Waals surface area contributed by atoms with E-state index >= 15 is 0 Å². The topological polar surface area (TPSA) is 128 Å². The summed E-state index contributed by atoms with van der Waals surface area (Å²) in [6, 6.07) is 15.7. The fourth-order valence-corrected chi connectivity index (χ4v) is 4.09. The number of benzene rings is 2. The predicted octanol–water partition coefficient (Wildman–Crippen LogP) is -0.123. The summed E-state index contributed by atoms with van der Waals surface area (Å²) in [5, 5.41) is 7.59. The second-order valence-corrected chi connectivity index (χ2v) is 9.09. The number of rotatable bonds is 4. The van der Waals surface area contributed by atoms with Gasteiger partial charge in [-0.05, 0) is 18.1 Å². The van der Waals surface area contributed by atoms with Gasteiger partial charge in [0.05, 0.1) is 13.1 Å². The van der Waals surface area contributed by atoms with Gasteiger partial charge in [-0.2, -0.15) is 0 Å². The molecule has 196 valence electrons. The molecule has 0 aliphatic carbocycles. The molecule has 37 heavy (non-hydrogen) atoms. The van der Waals surface area contributed by atoms with E-state index in [2.05, 4.69) is 16.0 Å². The molecule has 2 aromatic carbocycles. The number of hydrogen-bond acceptors (Lipinski definition) is 5. The zero-order chi connectivity index (χ0) is 26.9. The van der Waals surface area contributed by atoms with Crippen LogP contribution in [0.15, 0.2) is 60.7 Å². The van der Waals surface area contributed by atoms with Gasteiger partial charge in [-0.3, -0.25) is 24.0 Å². The van der Waals surface area contributed by atoms with E-state index in [-0.39, 0.29) is 25.9 Å². The maximum atomic E-state index is 13.9. The molecule has 0 bridgehead atoms. The van der Waals surface area contributed by atoms with Crippen LogP contribution < -0.4 is 16.0 Å². The summed E-state index contributed by atoms with van der Waals surface area (Å²) in [6.45, 7) is 0.809. The van der Waals surface area contributed by atoms with Crippen molar-refractivity contribution in [2.75, 3.05) is 27.2 Å². The number of carbonyl (C=O) groups is 5. The fourth-order valence-electron chi connectivity index (χ4n) is 4.09. The second-order valence-electron chi connectivity index (χ2n) is 9.09. The van der Waals surface area contributed by atoms with Gasteiger partial charge in [0.15, 0.2) is 0 Å². The zero-order valence-electron chi connectivity index (χ0n) is 21.3. The summed E-state index contributed by atoms with van der Waals surface area (Å²) >= 11 is 0. The van der Waals surface area contributed by atoms with E-state index in [4.69, 9.17) is 0 Å². The van der Waals surface area contributed by atoms with Crippen molar-refractivity contribution < 1.29 is 24.0 Å². The third-order valence-electron chi connectivity index (χ3n) is 6.42. The van der Waals surface area contributed by atoms with Gasteiger partial charge in [0, 0.05) is 26.9 Å². The Bertz CT molecular complexity index is 1120. The first-order chi connectivity index (χ1) is 17.7. The molecule has 0 aromatic heterocycles. The molecular formula is C27H33N5O5. The minimum Gasteiger partial charge on any atom is -0.345 e. The van der Waals surface area contributed by atoms with Crippen LogP contribution in [0, 0.1) is 0 Å². The highest BCUT2D eigenvalue weighted by Crippen LogP contribution is 2.16. The van der Waals surface area contributed by atoms with Crippen molar-refractivity contribution in [1.82, 2.24) is 25.8 Å². The van der Waals surface area contributed by atoms with Crippen LogP contribution in [-0.4, -0.2) is 84.6 Å². The first-order valence-corrected chi connectivity index (χ1v) is 12.1. The highest BCUT2D eigenvalue weighted by atomic mass is 16.2. The Labute approximate surface area is 216 Å². The number of amides is 5. The summed E-state index contributed by atoms with van der Waals surface area (Å²) in [6.07, 6.45) is 0.426. The van der Waals surface area contributed by atoms with E-state index in [9.17, 15) is 24.0 Å². The summed E-state index contributed by atoms with van der Waals surface area (Å²) in [5.74, 6) is -2.55. The summed E-state index contributed by atoms with van der Waals surface area (Å²) in [4.78, 5) is 67.5. The van der Waals surface area contributed by atoms with E-state index < -0.39 is 47.7 Å². The smallest absolute Gasteiger partial charge is 0.246 e. The van der Waals surface area contributed by atoms with Crippen LogP contribution in [0.4, 0.5) is 0 Å². The number of likely N-dealkylation sites (N-methyl/N-ethyl adjacent to an activating group) is 2. The second kappa shape index (κ2) is 12.7. The number of carbonyl (C=O) groups excluding carboxylic acids is 5. The molecule has 1 aliphatic heterocycles. The molecule has 0 saturated carbocycles. The highest BCUT2D eigenvalue weighted by molar-refractivity contribution is 5.96. The molecule has 0 radical (unpaired) electrons. The molecule has 1 saturated heterocycles. The lowest BCUT2D eigenvalue weighted by Crippen LogP contribution is -2.58. The van der Waals surface area contributed by atoms with E-state index in [0.717, 1.165) is 11.1 Å². The van der Waals surface area contributed by atoms with Crippen LogP contribution in [0.25, 0.3) is 0 Å². The van der Waals surface area contributed by atoms with E-state index in [0.29, 0.717) is 0 Å². The van der Waals surface area contributed by atoms with Gasteiger partial charge in [-0.25, -0.2) is 0 Å². The Balaban J connectivity index is 1.99. The SMILES string of the molecule is C[C@H]1NC(=O)[C@@H](Cc2ccccc2)N(C)C(=O)[C@@H](Cc2ccccc2)N(C)C(=O)CNC(=O)CNC1=O. The Morgan fingerprint density at radius 3 is 1.81 bits per heavy atom. The summed E-state index contributed by atoms with van der Waals surface area (Å²) in [7, 11) is 3.03. The van der Waals surface area contributed by atoms with Gasteiger partial charge in [-0.15, -0.1) is 0 Å². The van der Waals surface area contributed by atoms with E-state index in [1.165, 1.54) is 30.8 Å². The van der Waals surface area contributed by atoms with E-state index in [1.807, 2.05) is 60.7 Å². The zero-order valence-corrected chi connectivity index (χ0v) is 21.3. The average Bonchev–Trinajstić information content (AvgIpc) is 2.91. The third-order valence-corrected chi connectivity index (χ3v) is 6.42. The lowest BCUT2D eigenvalue weighted by atomic mass is 10.00. The molecule has 1 aliphatic rings. The molecule has 10 heteroatoms. The molecule has 5 amide bonds. The number of hydrogen-bond donors (Lipinski definition) is 3. The fraction of sp³-hybridized carbons (Fsp3) is 0.370. The lowest BCUT2D eigenvalue weighted by molar-refractivity contribution is -0.147. The lowest BCUT2D eigenvalue weighted by Gasteiger charge is -2.35. The van der Waals surface area contributed by atoms with Gasteiger partial charge >= 0.3 is 0 Å². The van der Waals surface area contributed by atoms with Crippen LogP contribution in [0.3, 0.4) is 0 Å². The normalized spacial score (nSPS) is 22.5. The molecule has 3 rings (SSSR count). The molecule has 3 atom stereocenters. The van der Waals surface area contributed by atoms with E-state index in [1.54, 1.807) is 0 Å². The molecule has 3 N–H and O–H groups in total. The largest absolute Gasteiger partial charge is 0.345 e. The molecule has 1 fully saturated rings. The van der Waals surface area contributed by atoms with Gasteiger partial charge in [0.1, 0.15) is 18.1 Å². The highest BCUT2D eigenvalue weighted by Gasteiger charge is 2.36. The molecule has 10 nitrogen and oxygen atoms in total. The molecule has 2 aromatic rings. The minimum atomic E-state index is -0.948. The van der Waals surface area contributed by atoms with Crippen LogP contribution in [0.5, 0.6) is 0 Å². The van der Waals surface area contributed by atoms with Crippen molar-refractivity contribution >= 4 is 29.5 Å². The van der Waals surface area contributed by atoms with Gasteiger partial charge in [0.25, 0.3) is 0 Å². The molecule has 0 spiro atoms. The van der Waals surface area contributed by atoms with Crippen molar-refractivity contribution in [3.05, 3.63) is 71.8 Å². The number of nitrogens with one attached hydrogen (secondary N) is 3. The third kappa shape index (κ3) is 7.39. The van der Waals surface area contributed by atoms with Crippen molar-refractivity contribution in [1.29, 1.82) is 0 Å².